The summed E-state index contributed by atoms with van der Waals surface area (Å²) in [6.45, 7) is -1.34. The van der Waals surface area contributed by atoms with Crippen LogP contribution < -0.4 is 9.47 Å². The second-order valence-corrected chi connectivity index (χ2v) is 6.25. The van der Waals surface area contributed by atoms with Crippen LogP contribution in [-0.4, -0.2) is 22.3 Å². The highest BCUT2D eigenvalue weighted by atomic mass is 35.5. The predicted molar refractivity (Wildman–Crippen MR) is 92.4 cm³/mol. The van der Waals surface area contributed by atoms with Crippen LogP contribution in [0.3, 0.4) is 0 Å². The van der Waals surface area contributed by atoms with E-state index in [2.05, 4.69) is 4.98 Å². The average molecular weight is 395 g/mol. The highest BCUT2D eigenvalue weighted by Gasteiger charge is 2.26. The second-order valence-electron chi connectivity index (χ2n) is 5.85. The van der Waals surface area contributed by atoms with Crippen molar-refractivity contribution < 1.29 is 27.8 Å². The molecule has 0 saturated heterocycles. The number of carbonyl (C=O) groups excluding carboxylic acids is 1. The molecule has 9 heteroatoms. The molecule has 0 fully saturated rings. The molecule has 0 unspecified atom stereocenters. The van der Waals surface area contributed by atoms with E-state index in [9.17, 15) is 13.6 Å². The maximum atomic E-state index is 13.5. The van der Waals surface area contributed by atoms with Gasteiger partial charge in [-0.3, -0.25) is 4.57 Å². The maximum Gasteiger partial charge on any atom is 0.339 e. The minimum absolute atomic E-state index is 0.00235. The first-order valence-corrected chi connectivity index (χ1v) is 8.38. The minimum atomic E-state index is -2.83. The van der Waals surface area contributed by atoms with Crippen LogP contribution in [0.15, 0.2) is 36.4 Å². The molecule has 1 aliphatic heterocycles. The van der Waals surface area contributed by atoms with Crippen LogP contribution in [0.2, 0.25) is 5.02 Å². The van der Waals surface area contributed by atoms with E-state index in [4.69, 9.17) is 25.8 Å². The number of alkyl halides is 2. The van der Waals surface area contributed by atoms with Crippen molar-refractivity contribution in [3.05, 3.63) is 52.8 Å². The fourth-order valence-corrected chi connectivity index (χ4v) is 3.19. The molecule has 0 bridgehead atoms. The Morgan fingerprint density at radius 3 is 2.85 bits per heavy atom. The molecule has 6 nitrogen and oxygen atoms in total. The van der Waals surface area contributed by atoms with Gasteiger partial charge in [-0.2, -0.15) is 8.78 Å². The predicted octanol–water partition coefficient (Wildman–Crippen LogP) is 4.73. The third kappa shape index (κ3) is 3.06. The van der Waals surface area contributed by atoms with Gasteiger partial charge in [-0.1, -0.05) is 23.7 Å². The van der Waals surface area contributed by atoms with Gasteiger partial charge < -0.3 is 14.2 Å². The van der Waals surface area contributed by atoms with Crippen LogP contribution in [0.5, 0.6) is 11.5 Å². The molecule has 1 atom stereocenters. The Morgan fingerprint density at radius 2 is 2.07 bits per heavy atom. The molecule has 0 aliphatic carbocycles. The van der Waals surface area contributed by atoms with E-state index in [1.807, 2.05) is 0 Å². The zero-order valence-corrected chi connectivity index (χ0v) is 14.7. The molecular formula is C18H13ClF2N2O4. The fraction of sp³-hybridized carbons (Fsp3) is 0.222. The van der Waals surface area contributed by atoms with Crippen molar-refractivity contribution in [3.63, 3.8) is 0 Å². The largest absolute Gasteiger partial charge is 0.454 e. The Balaban J connectivity index is 1.64. The SMILES string of the molecule is C[C@@H](OC(=O)c1cc(Cl)c2c(c1)OCO2)c1nc2ccccc2n1C(F)F. The summed E-state index contributed by atoms with van der Waals surface area (Å²) < 4.78 is 43.6. The monoisotopic (exact) mass is 394 g/mol. The lowest BCUT2D eigenvalue weighted by Crippen LogP contribution is -2.14. The number of hydrogen-bond donors (Lipinski definition) is 0. The molecule has 0 radical (unpaired) electrons. The van der Waals surface area contributed by atoms with Crippen LogP contribution in [0.1, 0.15) is 35.8 Å². The summed E-state index contributed by atoms with van der Waals surface area (Å²) in [5, 5.41) is 0.199. The molecule has 0 spiro atoms. The van der Waals surface area contributed by atoms with Gasteiger partial charge in [0.25, 0.3) is 0 Å². The smallest absolute Gasteiger partial charge is 0.339 e. The molecule has 1 aliphatic rings. The van der Waals surface area contributed by atoms with Crippen LogP contribution in [0.25, 0.3) is 11.0 Å². The summed E-state index contributed by atoms with van der Waals surface area (Å²) >= 11 is 6.06. The molecule has 27 heavy (non-hydrogen) atoms. The van der Waals surface area contributed by atoms with E-state index in [1.165, 1.54) is 25.1 Å². The Bertz CT molecular complexity index is 1040. The lowest BCUT2D eigenvalue weighted by Gasteiger charge is -2.15. The van der Waals surface area contributed by atoms with Crippen molar-refractivity contribution in [2.75, 3.05) is 6.79 Å². The Labute approximate surface area is 157 Å². The number of hydrogen-bond acceptors (Lipinski definition) is 5. The van der Waals surface area contributed by atoms with Gasteiger partial charge in [-0.15, -0.1) is 0 Å². The molecule has 1 aromatic heterocycles. The van der Waals surface area contributed by atoms with Crippen molar-refractivity contribution in [1.82, 2.24) is 9.55 Å². The molecule has 2 aromatic carbocycles. The number of imidazole rings is 1. The second kappa shape index (κ2) is 6.70. The molecule has 3 aromatic rings. The topological polar surface area (TPSA) is 62.6 Å². The summed E-state index contributed by atoms with van der Waals surface area (Å²) in [4.78, 5) is 16.7. The first-order valence-electron chi connectivity index (χ1n) is 8.01. The molecular weight excluding hydrogens is 382 g/mol. The van der Waals surface area contributed by atoms with Crippen LogP contribution in [0.4, 0.5) is 8.78 Å². The highest BCUT2D eigenvalue weighted by Crippen LogP contribution is 2.40. The summed E-state index contributed by atoms with van der Waals surface area (Å²) in [6, 6.07) is 9.28. The number of rotatable bonds is 4. The normalized spacial score (nSPS) is 14.0. The standard InChI is InChI=1S/C18H13ClF2N2O4/c1-9(16-22-12-4-2-3-5-13(12)23(16)18(20)21)27-17(24)10-6-11(19)15-14(7-10)25-8-26-15/h2-7,9,18H,8H2,1H3/t9-/m1/s1. The number of benzene rings is 2. The van der Waals surface area contributed by atoms with Crippen molar-refractivity contribution >= 4 is 28.6 Å². The summed E-state index contributed by atoms with van der Waals surface area (Å²) in [6.07, 6.45) is -1.01. The zero-order chi connectivity index (χ0) is 19.1. The molecule has 4 rings (SSSR count). The van der Waals surface area contributed by atoms with Crippen molar-refractivity contribution in [2.24, 2.45) is 0 Å². The maximum absolute atomic E-state index is 13.5. The minimum Gasteiger partial charge on any atom is -0.454 e. The third-order valence-corrected chi connectivity index (χ3v) is 4.41. The first kappa shape index (κ1) is 17.5. The molecule has 0 saturated carbocycles. The lowest BCUT2D eigenvalue weighted by molar-refractivity contribution is 0.0233. The van der Waals surface area contributed by atoms with Gasteiger partial charge in [0.1, 0.15) is 0 Å². The Morgan fingerprint density at radius 1 is 1.30 bits per heavy atom. The lowest BCUT2D eigenvalue weighted by atomic mass is 10.2. The van der Waals surface area contributed by atoms with Crippen molar-refractivity contribution in [3.8, 4) is 11.5 Å². The van der Waals surface area contributed by atoms with Crippen molar-refractivity contribution in [2.45, 2.75) is 19.6 Å². The quantitative estimate of drug-likeness (QED) is 0.598. The van der Waals surface area contributed by atoms with Gasteiger partial charge in [-0.05, 0) is 31.2 Å². The summed E-state index contributed by atoms with van der Waals surface area (Å²) in [5.41, 5.74) is 0.772. The van der Waals surface area contributed by atoms with Gasteiger partial charge in [0.15, 0.2) is 23.4 Å². The fourth-order valence-electron chi connectivity index (χ4n) is 2.92. The summed E-state index contributed by atoms with van der Waals surface area (Å²) in [7, 11) is 0. The van der Waals surface area contributed by atoms with Crippen LogP contribution in [-0.2, 0) is 4.74 Å². The number of aromatic nitrogens is 2. The Kier molecular flexibility index (Phi) is 4.35. The molecule has 0 amide bonds. The number of ether oxygens (including phenoxy) is 3. The molecule has 2 heterocycles. The van der Waals surface area contributed by atoms with Crippen LogP contribution >= 0.6 is 11.6 Å². The highest BCUT2D eigenvalue weighted by molar-refractivity contribution is 6.32. The van der Waals surface area contributed by atoms with E-state index in [0.29, 0.717) is 17.0 Å². The van der Waals surface area contributed by atoms with Gasteiger partial charge in [0, 0.05) is 0 Å². The Hall–Kier alpha value is -2.87. The van der Waals surface area contributed by atoms with E-state index in [-0.39, 0.29) is 28.7 Å². The average Bonchev–Trinajstić information content (AvgIpc) is 3.26. The van der Waals surface area contributed by atoms with Gasteiger partial charge in [-0.25, -0.2) is 9.78 Å². The molecule has 0 N–H and O–H groups in total. The van der Waals surface area contributed by atoms with E-state index in [0.717, 1.165) is 4.57 Å². The first-order chi connectivity index (χ1) is 13.0. The number of halogens is 3. The van der Waals surface area contributed by atoms with Gasteiger partial charge in [0.05, 0.1) is 21.6 Å². The zero-order valence-electron chi connectivity index (χ0n) is 14.0. The third-order valence-electron chi connectivity index (χ3n) is 4.13. The van der Waals surface area contributed by atoms with E-state index in [1.54, 1.807) is 18.2 Å². The number of esters is 1. The number of carbonyl (C=O) groups is 1. The van der Waals surface area contributed by atoms with Gasteiger partial charge >= 0.3 is 12.5 Å². The summed E-state index contributed by atoms with van der Waals surface area (Å²) in [5.74, 6) is -0.121. The van der Waals surface area contributed by atoms with E-state index < -0.39 is 18.6 Å². The van der Waals surface area contributed by atoms with Crippen LogP contribution in [0, 0.1) is 0 Å². The van der Waals surface area contributed by atoms with Crippen molar-refractivity contribution in [1.29, 1.82) is 0 Å². The number of nitrogens with zero attached hydrogens (tertiary/aromatic N) is 2. The number of para-hydroxylation sites is 2. The van der Waals surface area contributed by atoms with E-state index >= 15 is 0 Å². The van der Waals surface area contributed by atoms with Gasteiger partial charge in [0.2, 0.25) is 6.79 Å². The molecule has 140 valence electrons. The number of fused-ring (bicyclic) bond motifs is 2.